The summed E-state index contributed by atoms with van der Waals surface area (Å²) in [5.41, 5.74) is 6.68. The van der Waals surface area contributed by atoms with Crippen molar-refractivity contribution < 1.29 is 8.42 Å². The van der Waals surface area contributed by atoms with Gasteiger partial charge in [-0.25, -0.2) is 13.1 Å². The third-order valence-corrected chi connectivity index (χ3v) is 8.04. The summed E-state index contributed by atoms with van der Waals surface area (Å²) in [4.78, 5) is 2.75. The number of hydrogen-bond donors (Lipinski definition) is 1. The lowest BCUT2D eigenvalue weighted by atomic mass is 9.98. The van der Waals surface area contributed by atoms with Crippen molar-refractivity contribution in [1.82, 2.24) is 14.2 Å². The fourth-order valence-corrected chi connectivity index (χ4v) is 5.86. The van der Waals surface area contributed by atoms with Gasteiger partial charge in [0.1, 0.15) is 0 Å². The van der Waals surface area contributed by atoms with E-state index in [1.807, 2.05) is 46.1 Å². The summed E-state index contributed by atoms with van der Waals surface area (Å²) in [5, 5.41) is 0. The number of aromatic nitrogens is 1. The van der Waals surface area contributed by atoms with E-state index < -0.39 is 10.0 Å². The van der Waals surface area contributed by atoms with Gasteiger partial charge in [0.05, 0.1) is 10.9 Å². The second kappa shape index (κ2) is 8.61. The summed E-state index contributed by atoms with van der Waals surface area (Å²) in [6.45, 7) is 7.86. The third kappa shape index (κ3) is 4.47. The minimum absolute atomic E-state index is 0.0463. The van der Waals surface area contributed by atoms with E-state index in [0.717, 1.165) is 41.9 Å². The van der Waals surface area contributed by atoms with Crippen molar-refractivity contribution in [2.75, 3.05) is 13.1 Å². The number of aryl methyl sites for hydroxylation is 4. The quantitative estimate of drug-likeness (QED) is 0.634. The molecule has 0 fully saturated rings. The molecule has 1 aliphatic heterocycles. The Bertz CT molecular complexity index is 1200. The number of rotatable bonds is 6. The number of fused-ring (bicyclic) bond motifs is 1. The zero-order chi connectivity index (χ0) is 22.2. The molecule has 2 heterocycles. The van der Waals surface area contributed by atoms with Crippen LogP contribution in [-0.2, 0) is 30.0 Å². The van der Waals surface area contributed by atoms with E-state index in [1.165, 1.54) is 11.1 Å². The van der Waals surface area contributed by atoms with Crippen LogP contribution in [-0.4, -0.2) is 31.0 Å². The van der Waals surface area contributed by atoms with Crippen LogP contribution in [0.3, 0.4) is 0 Å². The lowest BCUT2D eigenvalue weighted by molar-refractivity contribution is 0.174. The molecule has 0 saturated heterocycles. The van der Waals surface area contributed by atoms with E-state index in [9.17, 15) is 8.42 Å². The largest absolute Gasteiger partial charge is 0.353 e. The van der Waals surface area contributed by atoms with E-state index in [-0.39, 0.29) is 6.04 Å². The van der Waals surface area contributed by atoms with E-state index in [2.05, 4.69) is 44.5 Å². The molecule has 5 nitrogen and oxygen atoms in total. The molecule has 0 spiro atoms. The SMILES string of the molecule is Cc1cc(C)c(S(=O)(=O)NCC(c2cccn2C)N2CCc3ccccc3C2)cc1C. The average molecular weight is 438 g/mol. The van der Waals surface area contributed by atoms with Crippen LogP contribution in [0, 0.1) is 20.8 Å². The number of hydrogen-bond acceptors (Lipinski definition) is 3. The van der Waals surface area contributed by atoms with Gasteiger partial charge >= 0.3 is 0 Å². The highest BCUT2D eigenvalue weighted by Gasteiger charge is 2.28. The zero-order valence-corrected chi connectivity index (χ0v) is 19.5. The van der Waals surface area contributed by atoms with Gasteiger partial charge in [0.2, 0.25) is 10.0 Å². The van der Waals surface area contributed by atoms with Crippen molar-refractivity contribution in [3.63, 3.8) is 0 Å². The smallest absolute Gasteiger partial charge is 0.240 e. The van der Waals surface area contributed by atoms with Crippen LogP contribution in [0.5, 0.6) is 0 Å². The first kappa shape index (κ1) is 21.8. The molecule has 1 unspecified atom stereocenters. The highest BCUT2D eigenvalue weighted by molar-refractivity contribution is 7.89. The van der Waals surface area contributed by atoms with Crippen LogP contribution >= 0.6 is 0 Å². The molecule has 0 radical (unpaired) electrons. The summed E-state index contributed by atoms with van der Waals surface area (Å²) < 4.78 is 31.4. The van der Waals surface area contributed by atoms with Crippen LogP contribution < -0.4 is 4.72 Å². The minimum atomic E-state index is -3.61. The fourth-order valence-electron chi connectivity index (χ4n) is 4.51. The molecule has 1 aliphatic rings. The molecule has 0 bridgehead atoms. The highest BCUT2D eigenvalue weighted by atomic mass is 32.2. The number of benzene rings is 2. The Kier molecular flexibility index (Phi) is 6.06. The van der Waals surface area contributed by atoms with E-state index >= 15 is 0 Å². The summed E-state index contributed by atoms with van der Waals surface area (Å²) >= 11 is 0. The molecule has 31 heavy (non-hydrogen) atoms. The van der Waals surface area contributed by atoms with Gasteiger partial charge in [-0.15, -0.1) is 0 Å². The molecule has 0 amide bonds. The predicted octanol–water partition coefficient (Wildman–Crippen LogP) is 4.03. The van der Waals surface area contributed by atoms with E-state index in [0.29, 0.717) is 11.4 Å². The highest BCUT2D eigenvalue weighted by Crippen LogP contribution is 2.28. The minimum Gasteiger partial charge on any atom is -0.353 e. The molecule has 1 aromatic heterocycles. The van der Waals surface area contributed by atoms with Gasteiger partial charge in [-0.1, -0.05) is 30.3 Å². The number of sulfonamides is 1. The van der Waals surface area contributed by atoms with Crippen molar-refractivity contribution >= 4 is 10.0 Å². The second-order valence-electron chi connectivity index (χ2n) is 8.60. The maximum atomic E-state index is 13.2. The lowest BCUT2D eigenvalue weighted by Gasteiger charge is -2.36. The Morgan fingerprint density at radius 2 is 1.68 bits per heavy atom. The summed E-state index contributed by atoms with van der Waals surface area (Å²) in [5.74, 6) is 0. The first-order valence-electron chi connectivity index (χ1n) is 10.8. The molecule has 1 N–H and O–H groups in total. The lowest BCUT2D eigenvalue weighted by Crippen LogP contribution is -2.41. The standard InChI is InChI=1S/C25H31N3O2S/c1-18-14-20(3)25(15-19(18)2)31(29,30)26-16-24(23-10-7-12-27(23)4)28-13-11-21-8-5-6-9-22(21)17-28/h5-10,12,14-15,24,26H,11,13,16-17H2,1-4H3. The average Bonchev–Trinajstić information content (AvgIpc) is 3.16. The Hall–Kier alpha value is -2.41. The van der Waals surface area contributed by atoms with Gasteiger partial charge in [-0.3, -0.25) is 4.90 Å². The van der Waals surface area contributed by atoms with E-state index in [4.69, 9.17) is 0 Å². The molecular formula is C25H31N3O2S. The number of nitrogens with one attached hydrogen (secondary N) is 1. The zero-order valence-electron chi connectivity index (χ0n) is 18.7. The van der Waals surface area contributed by atoms with Crippen LogP contribution in [0.1, 0.15) is 39.6 Å². The van der Waals surface area contributed by atoms with Crippen LogP contribution in [0.15, 0.2) is 59.6 Å². The molecule has 3 aromatic rings. The van der Waals surface area contributed by atoms with Gasteiger partial charge in [-0.05, 0) is 73.2 Å². The molecule has 6 heteroatoms. The van der Waals surface area contributed by atoms with Gasteiger partial charge in [0.25, 0.3) is 0 Å². The normalized spacial score (nSPS) is 15.6. The monoisotopic (exact) mass is 437 g/mol. The molecule has 0 saturated carbocycles. The van der Waals surface area contributed by atoms with Crippen molar-refractivity contribution in [3.05, 3.63) is 88.2 Å². The summed E-state index contributed by atoms with van der Waals surface area (Å²) in [6.07, 6.45) is 2.99. The summed E-state index contributed by atoms with van der Waals surface area (Å²) in [6, 6.07) is 16.3. The van der Waals surface area contributed by atoms with Crippen LogP contribution in [0.25, 0.3) is 0 Å². The Labute approximate surface area is 185 Å². The second-order valence-corrected chi connectivity index (χ2v) is 10.3. The maximum Gasteiger partial charge on any atom is 0.240 e. The van der Waals surface area contributed by atoms with Gasteiger partial charge < -0.3 is 4.57 Å². The first-order chi connectivity index (χ1) is 14.8. The van der Waals surface area contributed by atoms with Crippen LogP contribution in [0.4, 0.5) is 0 Å². The van der Waals surface area contributed by atoms with Crippen molar-refractivity contribution in [3.8, 4) is 0 Å². The molecule has 2 aromatic carbocycles. The van der Waals surface area contributed by atoms with Crippen molar-refractivity contribution in [2.24, 2.45) is 7.05 Å². The van der Waals surface area contributed by atoms with Gasteiger partial charge in [0.15, 0.2) is 0 Å². The molecule has 1 atom stereocenters. The Morgan fingerprint density at radius 3 is 2.39 bits per heavy atom. The molecule has 0 aliphatic carbocycles. The number of nitrogens with zero attached hydrogens (tertiary/aromatic N) is 2. The predicted molar refractivity (Wildman–Crippen MR) is 125 cm³/mol. The molecule has 4 rings (SSSR count). The summed E-state index contributed by atoms with van der Waals surface area (Å²) in [7, 11) is -1.60. The van der Waals surface area contributed by atoms with E-state index in [1.54, 1.807) is 6.07 Å². The molecule has 164 valence electrons. The Morgan fingerprint density at radius 1 is 0.968 bits per heavy atom. The van der Waals surface area contributed by atoms with Gasteiger partial charge in [-0.2, -0.15) is 0 Å². The van der Waals surface area contributed by atoms with Crippen molar-refractivity contribution in [2.45, 2.75) is 44.7 Å². The fraction of sp³-hybridized carbons (Fsp3) is 0.360. The van der Waals surface area contributed by atoms with Crippen molar-refractivity contribution in [1.29, 1.82) is 0 Å². The van der Waals surface area contributed by atoms with Gasteiger partial charge in [0, 0.05) is 38.6 Å². The van der Waals surface area contributed by atoms with Crippen LogP contribution in [0.2, 0.25) is 0 Å². The topological polar surface area (TPSA) is 54.3 Å². The maximum absolute atomic E-state index is 13.2. The first-order valence-corrected chi connectivity index (χ1v) is 12.2. The Balaban J connectivity index is 1.61. The molecular weight excluding hydrogens is 406 g/mol. The third-order valence-electron chi connectivity index (χ3n) is 6.47.